The van der Waals surface area contributed by atoms with Crippen LogP contribution in [-0.2, 0) is 6.42 Å². The molecule has 1 saturated carbocycles. The monoisotopic (exact) mass is 484 g/mol. The Labute approximate surface area is 180 Å². The smallest absolute Gasteiger partial charge is 0.253 e. The molecule has 1 spiro atoms. The Morgan fingerprint density at radius 1 is 1.30 bits per heavy atom. The van der Waals surface area contributed by atoms with Gasteiger partial charge in [0.25, 0.3) is 5.91 Å². The van der Waals surface area contributed by atoms with E-state index in [2.05, 4.69) is 23.2 Å². The summed E-state index contributed by atoms with van der Waals surface area (Å²) in [4.78, 5) is 21.0. The van der Waals surface area contributed by atoms with E-state index in [1.165, 1.54) is 25.7 Å². The number of rotatable bonds is 5. The molecule has 1 aliphatic heterocycles. The Morgan fingerprint density at radius 3 is 2.67 bits per heavy atom. The Hall–Kier alpha value is -1.31. The van der Waals surface area contributed by atoms with Crippen molar-refractivity contribution in [2.24, 2.45) is 10.4 Å². The van der Waals surface area contributed by atoms with Gasteiger partial charge >= 0.3 is 0 Å². The molecule has 1 aliphatic carbocycles. The van der Waals surface area contributed by atoms with Crippen LogP contribution in [0, 0.1) is 5.41 Å². The quantitative estimate of drug-likeness (QED) is 0.396. The average Bonchev–Trinajstić information content (AvgIpc) is 3.06. The van der Waals surface area contributed by atoms with Crippen LogP contribution in [0.15, 0.2) is 29.3 Å². The number of benzene rings is 1. The van der Waals surface area contributed by atoms with Crippen molar-refractivity contribution in [2.75, 3.05) is 40.3 Å². The standard InChI is InChI=1S/C21H32N4O.HI/c1-4-22-20(25-14-12-21(16-25)10-6-11-21)23-13-9-17-7-5-8-18(15-17)19(26)24(2)3;/h5,7-8,15H,4,6,9-14,16H2,1-3H3,(H,22,23);1H. The number of halogens is 1. The minimum Gasteiger partial charge on any atom is -0.357 e. The number of aliphatic imine (C=N–C) groups is 1. The van der Waals surface area contributed by atoms with Crippen molar-refractivity contribution in [1.82, 2.24) is 15.1 Å². The molecule has 0 bridgehead atoms. The number of hydrogen-bond donors (Lipinski definition) is 1. The van der Waals surface area contributed by atoms with Gasteiger partial charge in [0.05, 0.1) is 0 Å². The van der Waals surface area contributed by atoms with Crippen molar-refractivity contribution in [3.63, 3.8) is 0 Å². The fourth-order valence-electron chi connectivity index (χ4n) is 4.04. The van der Waals surface area contributed by atoms with Gasteiger partial charge in [-0.25, -0.2) is 0 Å². The summed E-state index contributed by atoms with van der Waals surface area (Å²) in [5, 5.41) is 3.46. The lowest BCUT2D eigenvalue weighted by Crippen LogP contribution is -2.42. The maximum absolute atomic E-state index is 12.1. The van der Waals surface area contributed by atoms with Gasteiger partial charge in [-0.15, -0.1) is 24.0 Å². The van der Waals surface area contributed by atoms with Crippen LogP contribution in [0.2, 0.25) is 0 Å². The molecule has 1 amide bonds. The van der Waals surface area contributed by atoms with E-state index in [4.69, 9.17) is 4.99 Å². The van der Waals surface area contributed by atoms with Crippen molar-refractivity contribution in [1.29, 1.82) is 0 Å². The van der Waals surface area contributed by atoms with Crippen LogP contribution in [0.1, 0.15) is 48.5 Å². The Bertz CT molecular complexity index is 670. The van der Waals surface area contributed by atoms with Gasteiger partial charge in [0.15, 0.2) is 5.96 Å². The molecular formula is C21H33IN4O. The molecule has 1 aromatic rings. The third-order valence-electron chi connectivity index (χ3n) is 5.73. The van der Waals surface area contributed by atoms with E-state index >= 15 is 0 Å². The van der Waals surface area contributed by atoms with Crippen LogP contribution in [0.25, 0.3) is 0 Å². The molecule has 1 saturated heterocycles. The maximum atomic E-state index is 12.1. The molecular weight excluding hydrogens is 451 g/mol. The van der Waals surface area contributed by atoms with E-state index in [9.17, 15) is 4.79 Å². The van der Waals surface area contributed by atoms with Gasteiger partial charge in [0.1, 0.15) is 0 Å². The molecule has 0 radical (unpaired) electrons. The molecule has 1 aromatic carbocycles. The summed E-state index contributed by atoms with van der Waals surface area (Å²) in [6.45, 7) is 6.05. The molecule has 1 N–H and O–H groups in total. The number of nitrogens with zero attached hydrogens (tertiary/aromatic N) is 3. The lowest BCUT2D eigenvalue weighted by molar-refractivity contribution is 0.0827. The molecule has 3 rings (SSSR count). The normalized spacial score (nSPS) is 18.0. The van der Waals surface area contributed by atoms with Crippen molar-refractivity contribution in [3.8, 4) is 0 Å². The zero-order valence-electron chi connectivity index (χ0n) is 16.8. The second-order valence-corrected chi connectivity index (χ2v) is 7.91. The topological polar surface area (TPSA) is 47.9 Å². The van der Waals surface area contributed by atoms with Crippen LogP contribution >= 0.6 is 24.0 Å². The van der Waals surface area contributed by atoms with E-state index in [1.54, 1.807) is 19.0 Å². The largest absolute Gasteiger partial charge is 0.357 e. The number of amides is 1. The predicted octanol–water partition coefficient (Wildman–Crippen LogP) is 3.39. The minimum absolute atomic E-state index is 0. The summed E-state index contributed by atoms with van der Waals surface area (Å²) >= 11 is 0. The number of carbonyl (C=O) groups excluding carboxylic acids is 1. The zero-order chi connectivity index (χ0) is 18.6. The number of guanidine groups is 1. The fourth-order valence-corrected chi connectivity index (χ4v) is 4.04. The molecule has 2 aliphatic rings. The second-order valence-electron chi connectivity index (χ2n) is 7.91. The summed E-state index contributed by atoms with van der Waals surface area (Å²) in [5.41, 5.74) is 2.49. The van der Waals surface area contributed by atoms with Gasteiger partial charge in [-0.3, -0.25) is 9.79 Å². The van der Waals surface area contributed by atoms with Crippen LogP contribution in [0.3, 0.4) is 0 Å². The number of nitrogens with one attached hydrogen (secondary N) is 1. The first kappa shape index (κ1) is 22.0. The lowest BCUT2D eigenvalue weighted by Gasteiger charge is -2.38. The second kappa shape index (κ2) is 9.75. The van der Waals surface area contributed by atoms with Crippen molar-refractivity contribution < 1.29 is 4.79 Å². The van der Waals surface area contributed by atoms with Gasteiger partial charge < -0.3 is 15.1 Å². The Kier molecular flexibility index (Phi) is 7.94. The summed E-state index contributed by atoms with van der Waals surface area (Å²) < 4.78 is 0. The summed E-state index contributed by atoms with van der Waals surface area (Å²) in [6.07, 6.45) is 6.32. The van der Waals surface area contributed by atoms with Crippen LogP contribution in [0.5, 0.6) is 0 Å². The van der Waals surface area contributed by atoms with Gasteiger partial charge in [-0.1, -0.05) is 18.6 Å². The number of carbonyl (C=O) groups is 1. The first-order chi connectivity index (χ1) is 12.5. The summed E-state index contributed by atoms with van der Waals surface area (Å²) in [6, 6.07) is 7.90. The number of hydrogen-bond acceptors (Lipinski definition) is 2. The van der Waals surface area contributed by atoms with E-state index in [0.29, 0.717) is 5.41 Å². The highest BCUT2D eigenvalue weighted by Gasteiger charge is 2.43. The van der Waals surface area contributed by atoms with Gasteiger partial charge in [0, 0.05) is 45.8 Å². The maximum Gasteiger partial charge on any atom is 0.253 e. The minimum atomic E-state index is 0. The van der Waals surface area contributed by atoms with Crippen LogP contribution in [0.4, 0.5) is 0 Å². The number of likely N-dealkylation sites (tertiary alicyclic amines) is 1. The SMILES string of the molecule is CCNC(=NCCc1cccc(C(=O)N(C)C)c1)N1CCC2(CCC2)C1.I. The van der Waals surface area contributed by atoms with Crippen LogP contribution in [-0.4, -0.2) is 61.9 Å². The molecule has 0 atom stereocenters. The van der Waals surface area contributed by atoms with E-state index in [1.807, 2.05) is 18.2 Å². The Balaban J connectivity index is 0.00000261. The van der Waals surface area contributed by atoms with Crippen molar-refractivity contribution >= 4 is 35.8 Å². The molecule has 150 valence electrons. The third kappa shape index (κ3) is 5.36. The molecule has 0 unspecified atom stereocenters. The average molecular weight is 484 g/mol. The molecule has 5 nitrogen and oxygen atoms in total. The first-order valence-corrected chi connectivity index (χ1v) is 9.87. The zero-order valence-corrected chi connectivity index (χ0v) is 19.2. The summed E-state index contributed by atoms with van der Waals surface area (Å²) in [5.74, 6) is 1.10. The molecule has 2 fully saturated rings. The molecule has 1 heterocycles. The molecule has 6 heteroatoms. The molecule has 0 aromatic heterocycles. The highest BCUT2D eigenvalue weighted by atomic mass is 127. The van der Waals surface area contributed by atoms with Gasteiger partial charge in [-0.2, -0.15) is 0 Å². The lowest BCUT2D eigenvalue weighted by atomic mass is 9.68. The Morgan fingerprint density at radius 2 is 2.07 bits per heavy atom. The van der Waals surface area contributed by atoms with Gasteiger partial charge in [0.2, 0.25) is 0 Å². The van der Waals surface area contributed by atoms with Gasteiger partial charge in [-0.05, 0) is 55.7 Å². The predicted molar refractivity (Wildman–Crippen MR) is 122 cm³/mol. The van der Waals surface area contributed by atoms with Crippen molar-refractivity contribution in [3.05, 3.63) is 35.4 Å². The highest BCUT2D eigenvalue weighted by molar-refractivity contribution is 14.0. The van der Waals surface area contributed by atoms with E-state index in [0.717, 1.165) is 49.7 Å². The highest BCUT2D eigenvalue weighted by Crippen LogP contribution is 2.47. The fraction of sp³-hybridized carbons (Fsp3) is 0.619. The van der Waals surface area contributed by atoms with Crippen LogP contribution < -0.4 is 5.32 Å². The molecule has 27 heavy (non-hydrogen) atoms. The van der Waals surface area contributed by atoms with Crippen molar-refractivity contribution in [2.45, 2.75) is 39.0 Å². The third-order valence-corrected chi connectivity index (χ3v) is 5.73. The first-order valence-electron chi connectivity index (χ1n) is 9.87. The van der Waals surface area contributed by atoms with E-state index in [-0.39, 0.29) is 29.9 Å². The van der Waals surface area contributed by atoms with E-state index < -0.39 is 0 Å². The summed E-state index contributed by atoms with van der Waals surface area (Å²) in [7, 11) is 3.57.